The number of carbonyl (C=O) groups excluding carboxylic acids is 1. The van der Waals surface area contributed by atoms with Gasteiger partial charge in [0.2, 0.25) is 0 Å². The highest BCUT2D eigenvalue weighted by atomic mass is 16.4. The maximum Gasteiger partial charge on any atom is 0.314 e. The first-order chi connectivity index (χ1) is 8.93. The molecular weight excluding hydrogens is 244 g/mol. The van der Waals surface area contributed by atoms with Gasteiger partial charge >= 0.3 is 12.0 Å². The Morgan fingerprint density at radius 1 is 1.00 bits per heavy atom. The van der Waals surface area contributed by atoms with Crippen LogP contribution in [0.1, 0.15) is 52.9 Å². The Morgan fingerprint density at radius 2 is 1.63 bits per heavy atom. The average Bonchev–Trinajstić information content (AvgIpc) is 2.34. The van der Waals surface area contributed by atoms with Gasteiger partial charge in [0.15, 0.2) is 0 Å². The summed E-state index contributed by atoms with van der Waals surface area (Å²) in [5.74, 6) is 0.299. The van der Waals surface area contributed by atoms with Gasteiger partial charge in [-0.1, -0.05) is 33.6 Å². The normalized spacial score (nSPS) is 12.2. The van der Waals surface area contributed by atoms with Crippen molar-refractivity contribution in [3.05, 3.63) is 0 Å². The zero-order chi connectivity index (χ0) is 14.7. The second kappa shape index (κ2) is 10.6. The summed E-state index contributed by atoms with van der Waals surface area (Å²) in [4.78, 5) is 21.7. The van der Waals surface area contributed by atoms with E-state index in [1.54, 1.807) is 0 Å². The van der Waals surface area contributed by atoms with Crippen LogP contribution in [0.2, 0.25) is 0 Å². The number of aliphatic carboxylic acids is 1. The maximum absolute atomic E-state index is 11.4. The van der Waals surface area contributed by atoms with Gasteiger partial charge in [0.1, 0.15) is 0 Å². The molecule has 0 aliphatic rings. The Bertz CT molecular complexity index is 267. The molecule has 1 unspecified atom stereocenters. The molecule has 2 amide bonds. The van der Waals surface area contributed by atoms with Crippen molar-refractivity contribution in [3.8, 4) is 0 Å². The molecule has 0 saturated heterocycles. The minimum absolute atomic E-state index is 0.113. The molecule has 0 fully saturated rings. The second-order valence-electron chi connectivity index (χ2n) is 5.42. The first-order valence-electron chi connectivity index (χ1n) is 7.17. The Kier molecular flexibility index (Phi) is 9.94. The van der Waals surface area contributed by atoms with Crippen LogP contribution in [0.25, 0.3) is 0 Å². The average molecular weight is 272 g/mol. The van der Waals surface area contributed by atoms with Gasteiger partial charge in [0, 0.05) is 19.5 Å². The van der Waals surface area contributed by atoms with Gasteiger partial charge < -0.3 is 15.7 Å². The zero-order valence-corrected chi connectivity index (χ0v) is 12.4. The molecule has 0 aromatic heterocycles. The number of carbonyl (C=O) groups is 2. The molecule has 0 rings (SSSR count). The lowest BCUT2D eigenvalue weighted by Gasteiger charge is -2.16. The lowest BCUT2D eigenvalue weighted by molar-refractivity contribution is -0.137. The highest BCUT2D eigenvalue weighted by Gasteiger charge is 2.08. The molecule has 19 heavy (non-hydrogen) atoms. The fraction of sp³-hybridized carbons (Fsp3) is 0.857. The summed E-state index contributed by atoms with van der Waals surface area (Å²) in [6.07, 6.45) is 3.71. The molecular formula is C14H28N2O3. The van der Waals surface area contributed by atoms with E-state index < -0.39 is 5.97 Å². The molecule has 0 aliphatic heterocycles. The van der Waals surface area contributed by atoms with Crippen molar-refractivity contribution in [2.45, 2.75) is 52.9 Å². The van der Waals surface area contributed by atoms with Gasteiger partial charge in [0.05, 0.1) is 0 Å². The van der Waals surface area contributed by atoms with Crippen molar-refractivity contribution in [1.29, 1.82) is 0 Å². The van der Waals surface area contributed by atoms with E-state index in [1.807, 2.05) is 0 Å². The number of urea groups is 1. The van der Waals surface area contributed by atoms with Crippen molar-refractivity contribution < 1.29 is 14.7 Å². The van der Waals surface area contributed by atoms with Crippen LogP contribution in [0.3, 0.4) is 0 Å². The van der Waals surface area contributed by atoms with Gasteiger partial charge in [-0.05, 0) is 24.7 Å². The van der Waals surface area contributed by atoms with Crippen LogP contribution in [-0.2, 0) is 4.79 Å². The molecule has 0 bridgehead atoms. The third kappa shape index (κ3) is 11.6. The van der Waals surface area contributed by atoms with Gasteiger partial charge in [-0.15, -0.1) is 0 Å². The maximum atomic E-state index is 11.4. The minimum atomic E-state index is -0.739. The van der Waals surface area contributed by atoms with Crippen molar-refractivity contribution in [1.82, 2.24) is 10.6 Å². The lowest BCUT2D eigenvalue weighted by Crippen LogP contribution is -2.39. The summed E-state index contributed by atoms with van der Waals surface area (Å²) in [5, 5.41) is 14.1. The van der Waals surface area contributed by atoms with Crippen LogP contribution < -0.4 is 10.6 Å². The fourth-order valence-electron chi connectivity index (χ4n) is 1.51. The van der Waals surface area contributed by atoms with Gasteiger partial charge in [-0.2, -0.15) is 0 Å². The third-order valence-electron chi connectivity index (χ3n) is 3.33. The largest absolute Gasteiger partial charge is 0.481 e. The molecule has 5 nitrogen and oxygen atoms in total. The Hall–Kier alpha value is -1.26. The zero-order valence-electron chi connectivity index (χ0n) is 12.4. The number of rotatable bonds is 10. The molecule has 0 heterocycles. The van der Waals surface area contributed by atoms with E-state index in [2.05, 4.69) is 31.4 Å². The van der Waals surface area contributed by atoms with Crippen molar-refractivity contribution >= 4 is 12.0 Å². The molecule has 5 heteroatoms. The highest BCUT2D eigenvalue weighted by Crippen LogP contribution is 2.07. The third-order valence-corrected chi connectivity index (χ3v) is 3.33. The molecule has 0 saturated carbocycles. The SMILES string of the molecule is CC(C)C(C)CNC(=O)NCCCCCCC(=O)O. The number of unbranched alkanes of at least 4 members (excludes halogenated alkanes) is 3. The molecule has 0 aromatic carbocycles. The van der Waals surface area contributed by atoms with Crippen molar-refractivity contribution in [2.75, 3.05) is 13.1 Å². The molecule has 112 valence electrons. The highest BCUT2D eigenvalue weighted by molar-refractivity contribution is 5.73. The number of hydrogen-bond acceptors (Lipinski definition) is 2. The Balaban J connectivity index is 3.36. The summed E-state index contributed by atoms with van der Waals surface area (Å²) in [6.45, 7) is 7.74. The van der Waals surface area contributed by atoms with Crippen molar-refractivity contribution in [3.63, 3.8) is 0 Å². The van der Waals surface area contributed by atoms with Crippen LogP contribution in [0.4, 0.5) is 4.79 Å². The first kappa shape index (κ1) is 17.7. The van der Waals surface area contributed by atoms with E-state index in [1.165, 1.54) is 0 Å². The van der Waals surface area contributed by atoms with E-state index in [-0.39, 0.29) is 12.5 Å². The van der Waals surface area contributed by atoms with Crippen LogP contribution in [-0.4, -0.2) is 30.2 Å². The van der Waals surface area contributed by atoms with Crippen LogP contribution >= 0.6 is 0 Å². The summed E-state index contributed by atoms with van der Waals surface area (Å²) >= 11 is 0. The first-order valence-corrected chi connectivity index (χ1v) is 7.17. The number of hydrogen-bond donors (Lipinski definition) is 3. The Labute approximate surface area is 116 Å². The van der Waals surface area contributed by atoms with E-state index >= 15 is 0 Å². The number of amides is 2. The van der Waals surface area contributed by atoms with Gasteiger partial charge in [0.25, 0.3) is 0 Å². The number of carboxylic acids is 1. The molecule has 0 aromatic rings. The van der Waals surface area contributed by atoms with Gasteiger partial charge in [-0.3, -0.25) is 4.79 Å². The van der Waals surface area contributed by atoms with Crippen LogP contribution in [0, 0.1) is 11.8 Å². The topological polar surface area (TPSA) is 78.4 Å². The summed E-state index contributed by atoms with van der Waals surface area (Å²) in [7, 11) is 0. The predicted octanol–water partition coefficient (Wildman–Crippen LogP) is 2.61. The van der Waals surface area contributed by atoms with Crippen molar-refractivity contribution in [2.24, 2.45) is 11.8 Å². The lowest BCUT2D eigenvalue weighted by atomic mass is 9.98. The van der Waals surface area contributed by atoms with Gasteiger partial charge in [-0.25, -0.2) is 4.79 Å². The summed E-state index contributed by atoms with van der Waals surface area (Å²) in [6, 6.07) is -0.113. The summed E-state index contributed by atoms with van der Waals surface area (Å²) < 4.78 is 0. The quantitative estimate of drug-likeness (QED) is 0.535. The van der Waals surface area contributed by atoms with E-state index in [0.29, 0.717) is 31.3 Å². The fourth-order valence-corrected chi connectivity index (χ4v) is 1.51. The predicted molar refractivity (Wildman–Crippen MR) is 76.1 cm³/mol. The number of nitrogens with one attached hydrogen (secondary N) is 2. The molecule has 3 N–H and O–H groups in total. The van der Waals surface area contributed by atoms with E-state index in [0.717, 1.165) is 19.3 Å². The van der Waals surface area contributed by atoms with Crippen LogP contribution in [0.5, 0.6) is 0 Å². The molecule has 0 radical (unpaired) electrons. The Morgan fingerprint density at radius 3 is 2.21 bits per heavy atom. The monoisotopic (exact) mass is 272 g/mol. The summed E-state index contributed by atoms with van der Waals surface area (Å²) in [5.41, 5.74) is 0. The molecule has 0 spiro atoms. The minimum Gasteiger partial charge on any atom is -0.481 e. The van der Waals surface area contributed by atoms with E-state index in [9.17, 15) is 9.59 Å². The molecule has 0 aliphatic carbocycles. The van der Waals surface area contributed by atoms with Crippen LogP contribution in [0.15, 0.2) is 0 Å². The standard InChI is InChI=1S/C14H28N2O3/c1-11(2)12(3)10-16-14(19)15-9-7-5-4-6-8-13(17)18/h11-12H,4-10H2,1-3H3,(H,17,18)(H2,15,16,19). The number of carboxylic acid groups (broad SMARTS) is 1. The second-order valence-corrected chi connectivity index (χ2v) is 5.42. The van der Waals surface area contributed by atoms with E-state index in [4.69, 9.17) is 5.11 Å². The molecule has 1 atom stereocenters. The smallest absolute Gasteiger partial charge is 0.314 e.